The predicted octanol–water partition coefficient (Wildman–Crippen LogP) is 4.88. The molecule has 2 aromatic carbocycles. The van der Waals surface area contributed by atoms with E-state index in [1.54, 1.807) is 11.8 Å². The van der Waals surface area contributed by atoms with E-state index in [0.717, 1.165) is 15.1 Å². The molecule has 0 saturated carbocycles. The van der Waals surface area contributed by atoms with Crippen molar-refractivity contribution in [2.75, 3.05) is 5.32 Å². The first-order valence-electron chi connectivity index (χ1n) is 6.34. The van der Waals surface area contributed by atoms with Gasteiger partial charge in [0.15, 0.2) is 0 Å². The highest BCUT2D eigenvalue weighted by Gasteiger charge is 2.14. The molecule has 2 rings (SSSR count). The molecule has 0 aliphatic heterocycles. The Bertz CT molecular complexity index is 598. The smallest absolute Gasteiger partial charge is 0.237 e. The molecular weight excluding hydrogens is 334 g/mol. The third-order valence-electron chi connectivity index (χ3n) is 2.80. The van der Waals surface area contributed by atoms with E-state index < -0.39 is 0 Å². The Morgan fingerprint density at radius 3 is 2.55 bits per heavy atom. The van der Waals surface area contributed by atoms with Crippen LogP contribution in [0.25, 0.3) is 0 Å². The van der Waals surface area contributed by atoms with Gasteiger partial charge in [0, 0.05) is 15.1 Å². The van der Waals surface area contributed by atoms with Gasteiger partial charge in [-0.1, -0.05) is 39.7 Å². The number of benzene rings is 2. The van der Waals surface area contributed by atoms with Gasteiger partial charge in [0.25, 0.3) is 0 Å². The van der Waals surface area contributed by atoms with Crippen LogP contribution in [0.4, 0.5) is 5.69 Å². The zero-order valence-electron chi connectivity index (χ0n) is 11.4. The van der Waals surface area contributed by atoms with Crippen molar-refractivity contribution in [3.63, 3.8) is 0 Å². The van der Waals surface area contributed by atoms with Gasteiger partial charge >= 0.3 is 0 Å². The summed E-state index contributed by atoms with van der Waals surface area (Å²) in [6.07, 6.45) is 0. The highest BCUT2D eigenvalue weighted by atomic mass is 79.9. The van der Waals surface area contributed by atoms with Gasteiger partial charge in [0.05, 0.1) is 5.25 Å². The van der Waals surface area contributed by atoms with Crippen LogP contribution in [0.2, 0.25) is 0 Å². The fourth-order valence-electron chi connectivity index (χ4n) is 1.68. The number of amides is 1. The molecule has 0 aliphatic carbocycles. The summed E-state index contributed by atoms with van der Waals surface area (Å²) in [5.41, 5.74) is 2.03. The van der Waals surface area contributed by atoms with E-state index in [1.165, 1.54) is 5.56 Å². The topological polar surface area (TPSA) is 29.1 Å². The Morgan fingerprint density at radius 2 is 1.90 bits per heavy atom. The molecule has 0 radical (unpaired) electrons. The van der Waals surface area contributed by atoms with Gasteiger partial charge in [0.2, 0.25) is 5.91 Å². The average Bonchev–Trinajstić information content (AvgIpc) is 2.41. The predicted molar refractivity (Wildman–Crippen MR) is 89.3 cm³/mol. The summed E-state index contributed by atoms with van der Waals surface area (Å²) < 4.78 is 0.953. The maximum atomic E-state index is 12.1. The summed E-state index contributed by atoms with van der Waals surface area (Å²) in [4.78, 5) is 13.3. The number of halogens is 1. The molecule has 1 atom stereocenters. The van der Waals surface area contributed by atoms with Crippen molar-refractivity contribution in [3.05, 3.63) is 58.6 Å². The lowest BCUT2D eigenvalue weighted by Gasteiger charge is -2.12. The Kier molecular flexibility index (Phi) is 5.26. The van der Waals surface area contributed by atoms with E-state index in [9.17, 15) is 4.79 Å². The van der Waals surface area contributed by atoms with Gasteiger partial charge in [-0.2, -0.15) is 0 Å². The Labute approximate surface area is 132 Å². The van der Waals surface area contributed by atoms with Gasteiger partial charge in [-0.3, -0.25) is 4.79 Å². The average molecular weight is 350 g/mol. The van der Waals surface area contributed by atoms with E-state index >= 15 is 0 Å². The highest BCUT2D eigenvalue weighted by Crippen LogP contribution is 2.25. The molecule has 2 nitrogen and oxygen atoms in total. The summed E-state index contributed by atoms with van der Waals surface area (Å²) in [7, 11) is 0. The molecule has 104 valence electrons. The van der Waals surface area contributed by atoms with Crippen molar-refractivity contribution in [2.24, 2.45) is 0 Å². The molecule has 4 heteroatoms. The molecule has 20 heavy (non-hydrogen) atoms. The number of rotatable bonds is 4. The lowest BCUT2D eigenvalue weighted by Crippen LogP contribution is -2.22. The van der Waals surface area contributed by atoms with Gasteiger partial charge in [-0.25, -0.2) is 0 Å². The number of hydrogen-bond donors (Lipinski definition) is 1. The first kappa shape index (κ1) is 15.1. The molecule has 1 N–H and O–H groups in total. The van der Waals surface area contributed by atoms with Gasteiger partial charge in [-0.05, 0) is 44.2 Å². The van der Waals surface area contributed by atoms with Crippen molar-refractivity contribution in [1.29, 1.82) is 0 Å². The summed E-state index contributed by atoms with van der Waals surface area (Å²) in [6, 6.07) is 15.8. The number of anilines is 1. The lowest BCUT2D eigenvalue weighted by molar-refractivity contribution is -0.115. The molecule has 0 aromatic heterocycles. The van der Waals surface area contributed by atoms with Crippen LogP contribution in [-0.2, 0) is 4.79 Å². The second-order valence-electron chi connectivity index (χ2n) is 4.57. The number of aryl methyl sites for hydroxylation is 1. The molecule has 0 spiro atoms. The molecule has 0 heterocycles. The minimum absolute atomic E-state index is 0.00803. The van der Waals surface area contributed by atoms with Crippen LogP contribution in [0.3, 0.4) is 0 Å². The van der Waals surface area contributed by atoms with E-state index in [1.807, 2.05) is 43.3 Å². The Morgan fingerprint density at radius 1 is 1.20 bits per heavy atom. The molecule has 1 amide bonds. The molecule has 0 bridgehead atoms. The summed E-state index contributed by atoms with van der Waals surface area (Å²) in [5, 5.41) is 2.78. The van der Waals surface area contributed by atoms with Crippen LogP contribution < -0.4 is 5.32 Å². The van der Waals surface area contributed by atoms with Gasteiger partial charge in [-0.15, -0.1) is 11.8 Å². The number of carbonyl (C=O) groups is 1. The van der Waals surface area contributed by atoms with Crippen LogP contribution >= 0.6 is 27.7 Å². The first-order valence-corrected chi connectivity index (χ1v) is 8.01. The van der Waals surface area contributed by atoms with E-state index in [0.29, 0.717) is 0 Å². The monoisotopic (exact) mass is 349 g/mol. The maximum absolute atomic E-state index is 12.1. The van der Waals surface area contributed by atoms with Crippen LogP contribution in [0.15, 0.2) is 57.9 Å². The number of carbonyl (C=O) groups excluding carboxylic acids is 1. The van der Waals surface area contributed by atoms with Gasteiger partial charge in [0.1, 0.15) is 0 Å². The minimum Gasteiger partial charge on any atom is -0.325 e. The normalized spacial score (nSPS) is 11.9. The molecule has 0 aliphatic rings. The van der Waals surface area contributed by atoms with Crippen molar-refractivity contribution < 1.29 is 4.79 Å². The summed E-state index contributed by atoms with van der Waals surface area (Å²) in [6.45, 7) is 3.97. The second kappa shape index (κ2) is 6.95. The number of nitrogens with one attached hydrogen (secondary N) is 1. The Balaban J connectivity index is 1.96. The number of hydrogen-bond acceptors (Lipinski definition) is 2. The molecule has 0 fully saturated rings. The second-order valence-corrected chi connectivity index (χ2v) is 6.90. The number of thioether (sulfide) groups is 1. The van der Waals surface area contributed by atoms with E-state index in [4.69, 9.17) is 0 Å². The summed E-state index contributed by atoms with van der Waals surface area (Å²) in [5.74, 6) is 0.00803. The fraction of sp³-hybridized carbons (Fsp3) is 0.188. The highest BCUT2D eigenvalue weighted by molar-refractivity contribution is 9.10. The fourth-order valence-corrected chi connectivity index (χ4v) is 2.95. The van der Waals surface area contributed by atoms with Crippen LogP contribution in [0.1, 0.15) is 12.5 Å². The van der Waals surface area contributed by atoms with Gasteiger partial charge < -0.3 is 5.32 Å². The molecule has 2 aromatic rings. The van der Waals surface area contributed by atoms with Crippen molar-refractivity contribution in [2.45, 2.75) is 24.0 Å². The minimum atomic E-state index is -0.142. The quantitative estimate of drug-likeness (QED) is 0.797. The van der Waals surface area contributed by atoms with Crippen LogP contribution in [-0.4, -0.2) is 11.2 Å². The van der Waals surface area contributed by atoms with Crippen molar-refractivity contribution in [3.8, 4) is 0 Å². The zero-order valence-corrected chi connectivity index (χ0v) is 13.8. The van der Waals surface area contributed by atoms with E-state index in [2.05, 4.69) is 40.3 Å². The third-order valence-corrected chi connectivity index (χ3v) is 4.40. The molecular formula is C16H16BrNOS. The maximum Gasteiger partial charge on any atom is 0.237 e. The van der Waals surface area contributed by atoms with Crippen molar-refractivity contribution in [1.82, 2.24) is 0 Å². The molecule has 0 unspecified atom stereocenters. The van der Waals surface area contributed by atoms with Crippen LogP contribution in [0.5, 0.6) is 0 Å². The first-order chi connectivity index (χ1) is 9.54. The Hall–Kier alpha value is -1.26. The van der Waals surface area contributed by atoms with E-state index in [-0.39, 0.29) is 11.2 Å². The molecule has 0 saturated heterocycles. The van der Waals surface area contributed by atoms with Crippen molar-refractivity contribution >= 4 is 39.3 Å². The van der Waals surface area contributed by atoms with Crippen LogP contribution in [0, 0.1) is 6.92 Å². The largest absolute Gasteiger partial charge is 0.325 e. The zero-order chi connectivity index (χ0) is 14.5. The third kappa shape index (κ3) is 4.39. The lowest BCUT2D eigenvalue weighted by atomic mass is 10.2. The SMILES string of the molecule is Cc1ccc(S[C@H](C)C(=O)Nc2cccc(Br)c2)cc1. The standard InChI is InChI=1S/C16H16BrNOS/c1-11-6-8-15(9-7-11)20-12(2)16(19)18-14-5-3-4-13(17)10-14/h3-10,12H,1-2H3,(H,18,19)/t12-/m1/s1. The summed E-state index contributed by atoms with van der Waals surface area (Å²) >= 11 is 4.95.